The van der Waals surface area contributed by atoms with Crippen molar-refractivity contribution in [1.82, 2.24) is 5.32 Å². The van der Waals surface area contributed by atoms with Gasteiger partial charge in [0.1, 0.15) is 4.88 Å². The zero-order valence-corrected chi connectivity index (χ0v) is 14.3. The third-order valence-electron chi connectivity index (χ3n) is 3.60. The Balaban J connectivity index is 1.55. The summed E-state index contributed by atoms with van der Waals surface area (Å²) in [6, 6.07) is 21.1. The maximum atomic E-state index is 12.3. The summed E-state index contributed by atoms with van der Waals surface area (Å²) in [7, 11) is 0. The van der Waals surface area contributed by atoms with Crippen molar-refractivity contribution in [2.24, 2.45) is 0 Å². The lowest BCUT2D eigenvalue weighted by molar-refractivity contribution is -0.124. The molecule has 0 saturated heterocycles. The lowest BCUT2D eigenvalue weighted by atomic mass is 10.1. The van der Waals surface area contributed by atoms with E-state index >= 15 is 0 Å². The summed E-state index contributed by atoms with van der Waals surface area (Å²) in [6.07, 6.45) is 0. The Labute approximate surface area is 150 Å². The molecular formula is C20H17NO3S. The third-order valence-corrected chi connectivity index (χ3v) is 4.50. The van der Waals surface area contributed by atoms with Crippen LogP contribution in [0.5, 0.6) is 0 Å². The molecule has 0 spiro atoms. The minimum absolute atomic E-state index is 0.294. The maximum absolute atomic E-state index is 12.3. The van der Waals surface area contributed by atoms with Crippen LogP contribution in [0.2, 0.25) is 0 Å². The van der Waals surface area contributed by atoms with Crippen LogP contribution in [0, 0.1) is 0 Å². The van der Waals surface area contributed by atoms with Gasteiger partial charge in [0, 0.05) is 12.1 Å². The summed E-state index contributed by atoms with van der Waals surface area (Å²) in [5.41, 5.74) is 2.76. The number of hydrogen-bond donors (Lipinski definition) is 1. The Bertz CT molecular complexity index is 844. The van der Waals surface area contributed by atoms with E-state index in [0.29, 0.717) is 11.4 Å². The van der Waals surface area contributed by atoms with Gasteiger partial charge < -0.3 is 10.1 Å². The van der Waals surface area contributed by atoms with Gasteiger partial charge in [-0.1, -0.05) is 60.7 Å². The van der Waals surface area contributed by atoms with E-state index in [1.165, 1.54) is 11.3 Å². The summed E-state index contributed by atoms with van der Waals surface area (Å²) in [5, 5.41) is 4.57. The van der Waals surface area contributed by atoms with Crippen LogP contribution in [-0.2, 0) is 16.1 Å². The molecule has 2 aromatic carbocycles. The summed E-state index contributed by atoms with van der Waals surface area (Å²) in [4.78, 5) is 24.6. The van der Waals surface area contributed by atoms with Gasteiger partial charge in [-0.05, 0) is 22.6 Å². The number of carbonyl (C=O) groups is 2. The second-order valence-corrected chi connectivity index (χ2v) is 6.28. The highest BCUT2D eigenvalue weighted by atomic mass is 32.1. The number of hydrogen-bond acceptors (Lipinski definition) is 4. The summed E-state index contributed by atoms with van der Waals surface area (Å²) in [5.74, 6) is -0.807. The molecule has 3 rings (SSSR count). The highest BCUT2D eigenvalue weighted by Crippen LogP contribution is 2.28. The topological polar surface area (TPSA) is 55.4 Å². The van der Waals surface area contributed by atoms with E-state index < -0.39 is 5.97 Å². The van der Waals surface area contributed by atoms with E-state index in [4.69, 9.17) is 4.74 Å². The second kappa shape index (κ2) is 8.26. The lowest BCUT2D eigenvalue weighted by Crippen LogP contribution is -2.28. The number of amides is 1. The van der Waals surface area contributed by atoms with Crippen molar-refractivity contribution in [3.63, 3.8) is 0 Å². The van der Waals surface area contributed by atoms with Crippen LogP contribution in [0.3, 0.4) is 0 Å². The zero-order chi connectivity index (χ0) is 17.5. The number of carbonyl (C=O) groups excluding carboxylic acids is 2. The van der Waals surface area contributed by atoms with Crippen molar-refractivity contribution in [2.75, 3.05) is 6.61 Å². The monoisotopic (exact) mass is 351 g/mol. The first kappa shape index (κ1) is 16.9. The van der Waals surface area contributed by atoms with Crippen molar-refractivity contribution in [2.45, 2.75) is 6.54 Å². The van der Waals surface area contributed by atoms with E-state index in [1.807, 2.05) is 72.1 Å². The van der Waals surface area contributed by atoms with Gasteiger partial charge >= 0.3 is 5.97 Å². The molecule has 0 aliphatic carbocycles. The van der Waals surface area contributed by atoms with Crippen molar-refractivity contribution in [3.05, 3.63) is 82.6 Å². The summed E-state index contributed by atoms with van der Waals surface area (Å²) < 4.78 is 5.16. The fraction of sp³-hybridized carbons (Fsp3) is 0.100. The van der Waals surface area contributed by atoms with Crippen molar-refractivity contribution in [1.29, 1.82) is 0 Å². The maximum Gasteiger partial charge on any atom is 0.349 e. The number of rotatable bonds is 6. The van der Waals surface area contributed by atoms with Crippen LogP contribution in [0.15, 0.2) is 72.1 Å². The predicted molar refractivity (Wildman–Crippen MR) is 98.3 cm³/mol. The van der Waals surface area contributed by atoms with Gasteiger partial charge in [-0.25, -0.2) is 4.79 Å². The van der Waals surface area contributed by atoms with Gasteiger partial charge in [0.2, 0.25) is 0 Å². The van der Waals surface area contributed by atoms with Crippen LogP contribution < -0.4 is 5.32 Å². The molecule has 5 heteroatoms. The van der Waals surface area contributed by atoms with Crippen LogP contribution in [0.25, 0.3) is 11.1 Å². The van der Waals surface area contributed by atoms with Crippen molar-refractivity contribution < 1.29 is 14.3 Å². The first-order chi connectivity index (χ1) is 12.2. The number of esters is 1. The fourth-order valence-electron chi connectivity index (χ4n) is 2.36. The predicted octanol–water partition coefficient (Wildman–Crippen LogP) is 3.89. The molecule has 0 unspecified atom stereocenters. The Morgan fingerprint density at radius 2 is 1.60 bits per heavy atom. The van der Waals surface area contributed by atoms with Crippen LogP contribution >= 0.6 is 11.3 Å². The quantitative estimate of drug-likeness (QED) is 0.686. The van der Waals surface area contributed by atoms with E-state index in [1.54, 1.807) is 0 Å². The van der Waals surface area contributed by atoms with Crippen molar-refractivity contribution >= 4 is 23.2 Å². The van der Waals surface area contributed by atoms with Gasteiger partial charge in [0.25, 0.3) is 5.91 Å². The normalized spacial score (nSPS) is 10.2. The minimum Gasteiger partial charge on any atom is -0.451 e. The lowest BCUT2D eigenvalue weighted by Gasteiger charge is -2.07. The highest BCUT2D eigenvalue weighted by molar-refractivity contribution is 7.12. The fourth-order valence-corrected chi connectivity index (χ4v) is 3.16. The number of thiophene rings is 1. The van der Waals surface area contributed by atoms with Crippen LogP contribution in [-0.4, -0.2) is 18.5 Å². The minimum atomic E-state index is -0.483. The number of benzene rings is 2. The molecule has 1 N–H and O–H groups in total. The molecule has 0 fully saturated rings. The molecule has 0 aliphatic rings. The van der Waals surface area contributed by atoms with Gasteiger partial charge in [0.15, 0.2) is 6.61 Å². The Morgan fingerprint density at radius 1 is 0.920 bits per heavy atom. The number of ether oxygens (including phenoxy) is 1. The van der Waals surface area contributed by atoms with E-state index in [0.717, 1.165) is 16.7 Å². The SMILES string of the molecule is O=C(COC(=O)c1sccc1-c1ccccc1)NCc1ccccc1. The molecule has 126 valence electrons. The summed E-state index contributed by atoms with van der Waals surface area (Å²) in [6.45, 7) is 0.114. The first-order valence-electron chi connectivity index (χ1n) is 7.84. The standard InChI is InChI=1S/C20H17NO3S/c22-18(21-13-15-7-3-1-4-8-15)14-24-20(23)19-17(11-12-25-19)16-9-5-2-6-10-16/h1-12H,13-14H2,(H,21,22). The molecule has 0 saturated carbocycles. The van der Waals surface area contributed by atoms with Crippen LogP contribution in [0.1, 0.15) is 15.2 Å². The summed E-state index contributed by atoms with van der Waals surface area (Å²) >= 11 is 1.31. The van der Waals surface area contributed by atoms with E-state index in [-0.39, 0.29) is 12.5 Å². The van der Waals surface area contributed by atoms with Crippen molar-refractivity contribution in [3.8, 4) is 11.1 Å². The largest absolute Gasteiger partial charge is 0.451 e. The average Bonchev–Trinajstić information content (AvgIpc) is 3.16. The second-order valence-electron chi connectivity index (χ2n) is 5.37. The van der Waals surface area contributed by atoms with E-state index in [2.05, 4.69) is 5.32 Å². The third kappa shape index (κ3) is 4.55. The average molecular weight is 351 g/mol. The molecular weight excluding hydrogens is 334 g/mol. The van der Waals surface area contributed by atoms with Gasteiger partial charge in [-0.2, -0.15) is 0 Å². The van der Waals surface area contributed by atoms with Gasteiger partial charge in [-0.15, -0.1) is 11.3 Å². The molecule has 0 aliphatic heterocycles. The molecule has 1 aromatic heterocycles. The molecule has 0 radical (unpaired) electrons. The van der Waals surface area contributed by atoms with Gasteiger partial charge in [0.05, 0.1) is 0 Å². The molecule has 0 bridgehead atoms. The molecule has 1 heterocycles. The Kier molecular flexibility index (Phi) is 5.59. The number of nitrogens with one attached hydrogen (secondary N) is 1. The van der Waals surface area contributed by atoms with Crippen LogP contribution in [0.4, 0.5) is 0 Å². The Morgan fingerprint density at radius 3 is 2.32 bits per heavy atom. The molecule has 3 aromatic rings. The molecule has 1 amide bonds. The molecule has 25 heavy (non-hydrogen) atoms. The smallest absolute Gasteiger partial charge is 0.349 e. The van der Waals surface area contributed by atoms with Gasteiger partial charge in [-0.3, -0.25) is 4.79 Å². The first-order valence-corrected chi connectivity index (χ1v) is 8.72. The molecule has 0 atom stereocenters. The van der Waals surface area contributed by atoms with E-state index in [9.17, 15) is 9.59 Å². The Hall–Kier alpha value is -2.92. The highest BCUT2D eigenvalue weighted by Gasteiger charge is 2.17. The zero-order valence-electron chi connectivity index (χ0n) is 13.5. The molecule has 4 nitrogen and oxygen atoms in total.